The van der Waals surface area contributed by atoms with Crippen molar-refractivity contribution in [3.8, 4) is 23.0 Å². The summed E-state index contributed by atoms with van der Waals surface area (Å²) in [6, 6.07) is 11.9. The van der Waals surface area contributed by atoms with Crippen LogP contribution in [0.4, 0.5) is 10.1 Å². The Labute approximate surface area is 254 Å². The maximum absolute atomic E-state index is 15.1. The van der Waals surface area contributed by atoms with Crippen molar-refractivity contribution >= 4 is 34.2 Å². The topological polar surface area (TPSA) is 95.1 Å². The monoisotopic (exact) mass is 598 g/mol. The van der Waals surface area contributed by atoms with E-state index in [1.807, 2.05) is 38.7 Å². The molecule has 5 rings (SSSR count). The van der Waals surface area contributed by atoms with Gasteiger partial charge in [0.15, 0.2) is 0 Å². The number of aromatic nitrogens is 3. The smallest absolute Gasteiger partial charge is 0.276 e. The maximum Gasteiger partial charge on any atom is 0.276 e. The van der Waals surface area contributed by atoms with Crippen LogP contribution in [-0.4, -0.2) is 51.5 Å². The van der Waals surface area contributed by atoms with Gasteiger partial charge >= 0.3 is 0 Å². The van der Waals surface area contributed by atoms with Gasteiger partial charge in [0, 0.05) is 43.3 Å². The number of hydrogen-bond acceptors (Lipinski definition) is 6. The first-order valence-electron chi connectivity index (χ1n) is 14.2. The van der Waals surface area contributed by atoms with Crippen molar-refractivity contribution < 1.29 is 9.18 Å². The second kappa shape index (κ2) is 12.0. The third-order valence-electron chi connectivity index (χ3n) is 7.78. The zero-order chi connectivity index (χ0) is 31.0. The normalized spacial score (nSPS) is 13.6. The molecule has 0 aliphatic carbocycles. The molecule has 1 saturated heterocycles. The highest BCUT2D eigenvalue weighted by atomic mass is 35.5. The number of halogens is 2. The standard InChI is InChI=1S/C33H32ClFN6O2/c1-6-27(42)39-13-15-40(16-14-39)30-23-17-25(34)29(22-9-7-8-10-26(22)35)38-32(23)41(33(43)24(30)18-36)31-21(19(2)3)11-12-37-28(31)20(4)5/h6-12,17,19-20H,1,13-16H2,2-5H3. The van der Waals surface area contributed by atoms with Gasteiger partial charge < -0.3 is 9.80 Å². The summed E-state index contributed by atoms with van der Waals surface area (Å²) in [6.45, 7) is 13.1. The van der Waals surface area contributed by atoms with Crippen LogP contribution < -0.4 is 10.5 Å². The molecule has 0 N–H and O–H groups in total. The van der Waals surface area contributed by atoms with E-state index in [9.17, 15) is 14.9 Å². The van der Waals surface area contributed by atoms with Crippen molar-refractivity contribution in [2.45, 2.75) is 39.5 Å². The van der Waals surface area contributed by atoms with Crippen LogP contribution in [0.3, 0.4) is 0 Å². The van der Waals surface area contributed by atoms with Crippen molar-refractivity contribution in [3.63, 3.8) is 0 Å². The van der Waals surface area contributed by atoms with Gasteiger partial charge in [0.1, 0.15) is 23.1 Å². The SMILES string of the molecule is C=CC(=O)N1CCN(c2c(C#N)c(=O)n(-c3c(C(C)C)ccnc3C(C)C)c3nc(-c4ccccc4F)c(Cl)cc23)CC1. The van der Waals surface area contributed by atoms with E-state index < -0.39 is 11.4 Å². The predicted octanol–water partition coefficient (Wildman–Crippen LogP) is 6.19. The Balaban J connectivity index is 1.91. The fourth-order valence-corrected chi connectivity index (χ4v) is 5.90. The molecule has 0 spiro atoms. The van der Waals surface area contributed by atoms with Crippen LogP contribution in [0.5, 0.6) is 0 Å². The summed E-state index contributed by atoms with van der Waals surface area (Å²) in [7, 11) is 0. The molecule has 220 valence electrons. The number of anilines is 1. The predicted molar refractivity (Wildman–Crippen MR) is 167 cm³/mol. The summed E-state index contributed by atoms with van der Waals surface area (Å²) in [5.74, 6) is -0.737. The largest absolute Gasteiger partial charge is 0.366 e. The summed E-state index contributed by atoms with van der Waals surface area (Å²) >= 11 is 6.81. The molecule has 3 aromatic heterocycles. The van der Waals surface area contributed by atoms with E-state index in [0.29, 0.717) is 48.6 Å². The van der Waals surface area contributed by atoms with Crippen molar-refractivity contribution in [2.24, 2.45) is 0 Å². The fourth-order valence-electron chi connectivity index (χ4n) is 5.64. The van der Waals surface area contributed by atoms with Gasteiger partial charge in [0.2, 0.25) is 5.91 Å². The molecule has 1 aliphatic rings. The molecule has 4 aromatic rings. The van der Waals surface area contributed by atoms with Crippen LogP contribution in [-0.2, 0) is 4.79 Å². The molecular formula is C33H32ClFN6O2. The quantitative estimate of drug-likeness (QED) is 0.246. The number of piperazine rings is 1. The lowest BCUT2D eigenvalue weighted by Crippen LogP contribution is -2.49. The zero-order valence-corrected chi connectivity index (χ0v) is 25.3. The lowest BCUT2D eigenvalue weighted by Gasteiger charge is -2.36. The fraction of sp³-hybridized carbons (Fsp3) is 0.303. The molecule has 0 bridgehead atoms. The van der Waals surface area contributed by atoms with Crippen molar-refractivity contribution in [3.05, 3.63) is 93.3 Å². The summed E-state index contributed by atoms with van der Waals surface area (Å²) < 4.78 is 16.5. The van der Waals surface area contributed by atoms with E-state index in [1.54, 1.807) is 35.4 Å². The van der Waals surface area contributed by atoms with Crippen molar-refractivity contribution in [1.82, 2.24) is 19.4 Å². The number of hydrogen-bond donors (Lipinski definition) is 0. The molecule has 0 unspecified atom stereocenters. The summed E-state index contributed by atoms with van der Waals surface area (Å²) in [5, 5.41) is 11.1. The van der Waals surface area contributed by atoms with E-state index in [0.717, 1.165) is 5.56 Å². The van der Waals surface area contributed by atoms with Gasteiger partial charge in [0.05, 0.1) is 27.8 Å². The molecule has 10 heteroatoms. The number of carbonyl (C=O) groups excluding carboxylic acids is 1. The van der Waals surface area contributed by atoms with E-state index in [1.165, 1.54) is 16.7 Å². The first kappa shape index (κ1) is 29.9. The van der Waals surface area contributed by atoms with E-state index in [4.69, 9.17) is 16.6 Å². The number of carbonyl (C=O) groups is 1. The third kappa shape index (κ3) is 5.28. The zero-order valence-electron chi connectivity index (χ0n) is 24.6. The van der Waals surface area contributed by atoms with Gasteiger partial charge in [-0.3, -0.25) is 19.1 Å². The van der Waals surface area contributed by atoms with E-state index in [-0.39, 0.29) is 45.2 Å². The van der Waals surface area contributed by atoms with Gasteiger partial charge in [0.25, 0.3) is 5.56 Å². The average molecular weight is 599 g/mol. The number of nitriles is 1. The minimum Gasteiger partial charge on any atom is -0.366 e. The maximum atomic E-state index is 15.1. The molecule has 1 amide bonds. The average Bonchev–Trinajstić information content (AvgIpc) is 3.00. The van der Waals surface area contributed by atoms with E-state index in [2.05, 4.69) is 17.6 Å². The van der Waals surface area contributed by atoms with Gasteiger partial charge in [-0.2, -0.15) is 5.26 Å². The van der Waals surface area contributed by atoms with Crippen LogP contribution in [0, 0.1) is 17.1 Å². The number of rotatable bonds is 6. The van der Waals surface area contributed by atoms with Crippen LogP contribution in [0.2, 0.25) is 5.02 Å². The number of amides is 1. The van der Waals surface area contributed by atoms with Crippen LogP contribution in [0.15, 0.2) is 60.0 Å². The second-order valence-corrected chi connectivity index (χ2v) is 11.5. The van der Waals surface area contributed by atoms with Crippen molar-refractivity contribution in [2.75, 3.05) is 31.1 Å². The van der Waals surface area contributed by atoms with Crippen molar-refractivity contribution in [1.29, 1.82) is 5.26 Å². The molecule has 43 heavy (non-hydrogen) atoms. The summed E-state index contributed by atoms with van der Waals surface area (Å²) in [4.78, 5) is 39.9. The molecular weight excluding hydrogens is 567 g/mol. The Kier molecular flexibility index (Phi) is 8.34. The minimum atomic E-state index is -0.555. The number of nitrogens with zero attached hydrogens (tertiary/aromatic N) is 6. The van der Waals surface area contributed by atoms with Crippen LogP contribution in [0.25, 0.3) is 28.0 Å². The molecule has 1 fully saturated rings. The van der Waals surface area contributed by atoms with Gasteiger partial charge in [-0.05, 0) is 47.7 Å². The molecule has 8 nitrogen and oxygen atoms in total. The van der Waals surface area contributed by atoms with E-state index >= 15 is 4.39 Å². The number of pyridine rings is 3. The summed E-state index contributed by atoms with van der Waals surface area (Å²) in [6.07, 6.45) is 2.99. The molecule has 1 aromatic carbocycles. The summed E-state index contributed by atoms with van der Waals surface area (Å²) in [5.41, 5.74) is 2.46. The second-order valence-electron chi connectivity index (χ2n) is 11.1. The Morgan fingerprint density at radius 1 is 1.09 bits per heavy atom. The van der Waals surface area contributed by atoms with Crippen LogP contribution in [0.1, 0.15) is 56.4 Å². The molecule has 4 heterocycles. The van der Waals surface area contributed by atoms with Gasteiger partial charge in [-0.25, -0.2) is 9.37 Å². The third-order valence-corrected chi connectivity index (χ3v) is 8.06. The first-order chi connectivity index (χ1) is 20.6. The highest BCUT2D eigenvalue weighted by Gasteiger charge is 2.30. The molecule has 0 radical (unpaired) electrons. The number of benzene rings is 1. The molecule has 0 saturated carbocycles. The lowest BCUT2D eigenvalue weighted by molar-refractivity contribution is -0.126. The highest BCUT2D eigenvalue weighted by molar-refractivity contribution is 6.34. The molecule has 1 aliphatic heterocycles. The van der Waals surface area contributed by atoms with Gasteiger partial charge in [-0.15, -0.1) is 0 Å². The van der Waals surface area contributed by atoms with Gasteiger partial charge in [-0.1, -0.05) is 58.0 Å². The Hall–Kier alpha value is -4.55. The Bertz CT molecular complexity index is 1830. The highest BCUT2D eigenvalue weighted by Crippen LogP contribution is 2.38. The Morgan fingerprint density at radius 3 is 2.40 bits per heavy atom. The molecule has 0 atom stereocenters. The Morgan fingerprint density at radius 2 is 1.79 bits per heavy atom. The lowest BCUT2D eigenvalue weighted by atomic mass is 9.96. The first-order valence-corrected chi connectivity index (χ1v) is 14.6. The number of fused-ring (bicyclic) bond motifs is 1. The minimum absolute atomic E-state index is 0.0106. The van der Waals surface area contributed by atoms with Crippen LogP contribution >= 0.6 is 11.6 Å².